The molecule has 5 heteroatoms. The molecule has 0 aliphatic rings. The van der Waals surface area contributed by atoms with Crippen LogP contribution in [0.2, 0.25) is 0 Å². The zero-order valence-electron chi connectivity index (χ0n) is 11.1. The molecule has 1 heterocycles. The summed E-state index contributed by atoms with van der Waals surface area (Å²) in [5.74, 6) is 0.497. The topological polar surface area (TPSA) is 56.7 Å². The predicted octanol–water partition coefficient (Wildman–Crippen LogP) is 2.87. The number of hydrogen-bond donors (Lipinski definition) is 1. The first kappa shape index (κ1) is 13.0. The van der Waals surface area contributed by atoms with Crippen LogP contribution >= 0.6 is 11.8 Å². The van der Waals surface area contributed by atoms with Crippen LogP contribution in [-0.2, 0) is 5.41 Å². The molecule has 1 aromatic carbocycles. The fraction of sp³-hybridized carbons (Fsp3) is 0.385. The Morgan fingerprint density at radius 2 is 2.00 bits per heavy atom. The smallest absolute Gasteiger partial charge is 0.170 e. The predicted molar refractivity (Wildman–Crippen MR) is 76.3 cm³/mol. The van der Waals surface area contributed by atoms with Crippen LogP contribution in [0.15, 0.2) is 29.2 Å². The van der Waals surface area contributed by atoms with Gasteiger partial charge in [-0.25, -0.2) is 4.68 Å². The lowest BCUT2D eigenvalue weighted by atomic mass is 9.91. The number of hydrogen-bond acceptors (Lipinski definition) is 4. The van der Waals surface area contributed by atoms with E-state index in [9.17, 15) is 0 Å². The van der Waals surface area contributed by atoms with Crippen molar-refractivity contribution >= 4 is 17.6 Å². The van der Waals surface area contributed by atoms with E-state index in [4.69, 9.17) is 5.73 Å². The molecule has 0 aliphatic heterocycles. The molecule has 96 valence electrons. The summed E-state index contributed by atoms with van der Waals surface area (Å²) < 4.78 is 1.83. The third-order valence-electron chi connectivity index (χ3n) is 2.70. The van der Waals surface area contributed by atoms with E-state index in [1.54, 1.807) is 11.8 Å². The van der Waals surface area contributed by atoms with Crippen LogP contribution in [-0.4, -0.2) is 21.2 Å². The second kappa shape index (κ2) is 4.65. The van der Waals surface area contributed by atoms with Crippen LogP contribution in [0.3, 0.4) is 0 Å². The Morgan fingerprint density at radius 3 is 2.61 bits per heavy atom. The highest BCUT2D eigenvalue weighted by atomic mass is 32.2. The lowest BCUT2D eigenvalue weighted by Crippen LogP contribution is -2.19. The van der Waals surface area contributed by atoms with Crippen molar-refractivity contribution in [2.75, 3.05) is 12.0 Å². The van der Waals surface area contributed by atoms with Crippen LogP contribution in [0.1, 0.15) is 26.5 Å². The first-order chi connectivity index (χ1) is 8.43. The number of nitrogens with zero attached hydrogens (tertiary/aromatic N) is 3. The molecule has 2 rings (SSSR count). The van der Waals surface area contributed by atoms with E-state index >= 15 is 0 Å². The Labute approximate surface area is 112 Å². The van der Waals surface area contributed by atoms with Crippen molar-refractivity contribution in [1.29, 1.82) is 0 Å². The van der Waals surface area contributed by atoms with Gasteiger partial charge in [-0.2, -0.15) is 0 Å². The van der Waals surface area contributed by atoms with Crippen LogP contribution in [0.5, 0.6) is 0 Å². The van der Waals surface area contributed by atoms with Crippen molar-refractivity contribution in [3.63, 3.8) is 0 Å². The average Bonchev–Trinajstić information content (AvgIpc) is 2.71. The van der Waals surface area contributed by atoms with Crippen molar-refractivity contribution in [2.45, 2.75) is 31.1 Å². The average molecular weight is 262 g/mol. The number of aromatic nitrogens is 3. The summed E-state index contributed by atoms with van der Waals surface area (Å²) in [6.07, 6.45) is 2.06. The quantitative estimate of drug-likeness (QED) is 0.845. The third kappa shape index (κ3) is 2.36. The first-order valence-corrected chi connectivity index (χ1v) is 7.02. The van der Waals surface area contributed by atoms with Gasteiger partial charge in [-0.1, -0.05) is 32.1 Å². The minimum atomic E-state index is -0.0943. The molecule has 0 aliphatic carbocycles. The van der Waals surface area contributed by atoms with Gasteiger partial charge in [0, 0.05) is 10.3 Å². The molecule has 0 saturated heterocycles. The maximum absolute atomic E-state index is 5.94. The summed E-state index contributed by atoms with van der Waals surface area (Å²) in [5.41, 5.74) is 7.78. The van der Waals surface area contributed by atoms with Crippen LogP contribution in [0.4, 0.5) is 5.82 Å². The largest absolute Gasteiger partial charge is 0.381 e. The third-order valence-corrected chi connectivity index (χ3v) is 3.43. The first-order valence-electron chi connectivity index (χ1n) is 5.79. The molecule has 0 amide bonds. The number of benzene rings is 1. The molecule has 0 saturated carbocycles. The van der Waals surface area contributed by atoms with Gasteiger partial charge in [-0.05, 0) is 24.5 Å². The van der Waals surface area contributed by atoms with Gasteiger partial charge >= 0.3 is 0 Å². The lowest BCUT2D eigenvalue weighted by molar-refractivity contribution is 0.544. The summed E-state index contributed by atoms with van der Waals surface area (Å²) in [7, 11) is 0. The number of nitrogen functional groups attached to an aromatic ring is 1. The second-order valence-corrected chi connectivity index (χ2v) is 6.07. The van der Waals surface area contributed by atoms with E-state index in [1.807, 2.05) is 16.8 Å². The fourth-order valence-electron chi connectivity index (χ4n) is 1.92. The maximum Gasteiger partial charge on any atom is 0.170 e. The van der Waals surface area contributed by atoms with Gasteiger partial charge in [0.1, 0.15) is 0 Å². The Kier molecular flexibility index (Phi) is 3.34. The van der Waals surface area contributed by atoms with Gasteiger partial charge in [0.2, 0.25) is 0 Å². The molecule has 0 unspecified atom stereocenters. The molecular formula is C13H18N4S. The van der Waals surface area contributed by atoms with Gasteiger partial charge in [-0.3, -0.25) is 0 Å². The Hall–Kier alpha value is -1.49. The maximum atomic E-state index is 5.94. The summed E-state index contributed by atoms with van der Waals surface area (Å²) >= 11 is 1.71. The zero-order chi connectivity index (χ0) is 13.3. The molecule has 2 N–H and O–H groups in total. The normalized spacial score (nSPS) is 11.8. The SMILES string of the molecule is CSc1cccc(-n2nnc(N)c2C(C)(C)C)c1. The van der Waals surface area contributed by atoms with Gasteiger partial charge < -0.3 is 5.73 Å². The van der Waals surface area contributed by atoms with E-state index in [2.05, 4.69) is 49.5 Å². The zero-order valence-corrected chi connectivity index (χ0v) is 12.0. The second-order valence-electron chi connectivity index (χ2n) is 5.19. The van der Waals surface area contributed by atoms with Crippen molar-refractivity contribution in [3.8, 4) is 5.69 Å². The van der Waals surface area contributed by atoms with Crippen molar-refractivity contribution in [1.82, 2.24) is 15.0 Å². The fourth-order valence-corrected chi connectivity index (χ4v) is 2.37. The Morgan fingerprint density at radius 1 is 1.28 bits per heavy atom. The number of anilines is 1. The number of nitrogens with two attached hydrogens (primary N) is 1. The molecule has 1 aromatic heterocycles. The van der Waals surface area contributed by atoms with E-state index in [-0.39, 0.29) is 5.41 Å². The van der Waals surface area contributed by atoms with Crippen molar-refractivity contribution < 1.29 is 0 Å². The minimum Gasteiger partial charge on any atom is -0.381 e. The van der Waals surface area contributed by atoms with E-state index in [1.165, 1.54) is 4.90 Å². The monoisotopic (exact) mass is 262 g/mol. The molecule has 0 atom stereocenters. The molecule has 0 bridgehead atoms. The number of rotatable bonds is 2. The van der Waals surface area contributed by atoms with E-state index in [0.717, 1.165) is 11.4 Å². The van der Waals surface area contributed by atoms with Gasteiger partial charge in [-0.15, -0.1) is 16.9 Å². The standard InChI is InChI=1S/C13H18N4S/c1-13(2,3)11-12(14)15-16-17(11)9-6-5-7-10(8-9)18-4/h5-8H,14H2,1-4H3. The minimum absolute atomic E-state index is 0.0943. The summed E-state index contributed by atoms with van der Waals surface area (Å²) in [4.78, 5) is 1.20. The lowest BCUT2D eigenvalue weighted by Gasteiger charge is -2.20. The summed E-state index contributed by atoms with van der Waals surface area (Å²) in [6.45, 7) is 6.32. The highest BCUT2D eigenvalue weighted by Gasteiger charge is 2.24. The summed E-state index contributed by atoms with van der Waals surface area (Å²) in [5, 5.41) is 8.16. The molecular weight excluding hydrogens is 244 g/mol. The molecule has 2 aromatic rings. The Bertz CT molecular complexity index is 554. The van der Waals surface area contributed by atoms with Crippen LogP contribution < -0.4 is 5.73 Å². The molecule has 0 fully saturated rings. The molecule has 4 nitrogen and oxygen atoms in total. The van der Waals surface area contributed by atoms with Gasteiger partial charge in [0.25, 0.3) is 0 Å². The Balaban J connectivity index is 2.57. The molecule has 18 heavy (non-hydrogen) atoms. The van der Waals surface area contributed by atoms with Crippen LogP contribution in [0, 0.1) is 0 Å². The highest BCUT2D eigenvalue weighted by molar-refractivity contribution is 7.98. The highest BCUT2D eigenvalue weighted by Crippen LogP contribution is 2.29. The van der Waals surface area contributed by atoms with Crippen molar-refractivity contribution in [2.24, 2.45) is 0 Å². The molecule has 0 radical (unpaired) electrons. The number of thioether (sulfide) groups is 1. The van der Waals surface area contributed by atoms with Crippen LogP contribution in [0.25, 0.3) is 5.69 Å². The van der Waals surface area contributed by atoms with Gasteiger partial charge in [0.05, 0.1) is 11.4 Å². The summed E-state index contributed by atoms with van der Waals surface area (Å²) in [6, 6.07) is 8.20. The molecule has 0 spiro atoms. The van der Waals surface area contributed by atoms with E-state index < -0.39 is 0 Å². The van der Waals surface area contributed by atoms with Crippen molar-refractivity contribution in [3.05, 3.63) is 30.0 Å². The van der Waals surface area contributed by atoms with Gasteiger partial charge in [0.15, 0.2) is 5.82 Å². The van der Waals surface area contributed by atoms with E-state index in [0.29, 0.717) is 5.82 Å².